The van der Waals surface area contributed by atoms with Crippen molar-refractivity contribution in [1.29, 1.82) is 0 Å². The van der Waals surface area contributed by atoms with Gasteiger partial charge >= 0.3 is 0 Å². The van der Waals surface area contributed by atoms with Crippen molar-refractivity contribution in [2.45, 2.75) is 34.6 Å². The minimum atomic E-state index is -0.544. The number of aliphatic imine (C=N–C) groups is 1. The summed E-state index contributed by atoms with van der Waals surface area (Å²) in [5, 5.41) is 13.1. The van der Waals surface area contributed by atoms with Crippen molar-refractivity contribution in [3.63, 3.8) is 0 Å². The van der Waals surface area contributed by atoms with Crippen molar-refractivity contribution < 1.29 is 19.4 Å². The molecular weight excluding hydrogens is 332 g/mol. The van der Waals surface area contributed by atoms with Gasteiger partial charge in [-0.3, -0.25) is 14.6 Å². The molecule has 1 aromatic rings. The lowest BCUT2D eigenvalue weighted by Crippen LogP contribution is -2.27. The molecule has 0 bridgehead atoms. The van der Waals surface area contributed by atoms with Crippen molar-refractivity contribution in [2.24, 2.45) is 16.3 Å². The van der Waals surface area contributed by atoms with E-state index < -0.39 is 11.5 Å². The molecule has 0 aliphatic heterocycles. The molecule has 0 fully saturated rings. The fourth-order valence-electron chi connectivity index (χ4n) is 2.42. The van der Waals surface area contributed by atoms with Crippen LogP contribution in [0, 0.1) is 11.3 Å². The van der Waals surface area contributed by atoms with E-state index in [1.165, 1.54) is 0 Å². The molecule has 0 atom stereocenters. The third kappa shape index (κ3) is 4.12. The summed E-state index contributed by atoms with van der Waals surface area (Å²) >= 11 is 0. The van der Waals surface area contributed by atoms with Crippen LogP contribution in [0.2, 0.25) is 0 Å². The highest BCUT2D eigenvalue weighted by molar-refractivity contribution is 6.27. The summed E-state index contributed by atoms with van der Waals surface area (Å²) in [5.74, 6) is -1.24. The van der Waals surface area contributed by atoms with Crippen LogP contribution < -0.4 is 5.32 Å². The number of fused-ring (bicyclic) bond motifs is 1. The number of Topliss-reactive ketones (excluding diaryl/α,β-unsaturated/α-hetero) is 1. The van der Waals surface area contributed by atoms with Crippen molar-refractivity contribution in [1.82, 2.24) is 0 Å². The molecule has 140 valence electrons. The maximum atomic E-state index is 12.6. The highest BCUT2D eigenvalue weighted by Gasteiger charge is 2.33. The molecule has 1 amide bonds. The number of anilines is 1. The van der Waals surface area contributed by atoms with E-state index in [2.05, 4.69) is 10.3 Å². The first-order valence-corrected chi connectivity index (χ1v) is 8.58. The van der Waals surface area contributed by atoms with Crippen LogP contribution in [0.4, 0.5) is 5.69 Å². The van der Waals surface area contributed by atoms with Crippen LogP contribution in [-0.4, -0.2) is 36.2 Å². The number of amides is 1. The van der Waals surface area contributed by atoms with Gasteiger partial charge in [0.05, 0.1) is 6.61 Å². The van der Waals surface area contributed by atoms with E-state index in [-0.39, 0.29) is 28.6 Å². The molecular formula is C20H26N2O4. The molecule has 1 aliphatic rings. The van der Waals surface area contributed by atoms with Crippen molar-refractivity contribution in [2.75, 3.05) is 19.0 Å². The average Bonchev–Trinajstić information content (AvgIpc) is 2.56. The standard InChI is InChI=1S/C20H26N2O4/c1-11(2)19(25)22-12-7-8-13-14(9-12)16(23)17(24)18(15(13)21-6)26-10-20(3,4)5/h7-9,11,24H,10H2,1-6H3,(H,22,25). The minimum absolute atomic E-state index is 0.0962. The maximum Gasteiger partial charge on any atom is 0.232 e. The average molecular weight is 358 g/mol. The molecule has 0 saturated heterocycles. The minimum Gasteiger partial charge on any atom is -0.501 e. The third-order valence-electron chi connectivity index (χ3n) is 3.83. The van der Waals surface area contributed by atoms with Crippen LogP contribution in [0.3, 0.4) is 0 Å². The molecule has 0 spiro atoms. The zero-order chi connectivity index (χ0) is 19.6. The number of nitrogens with zero attached hydrogens (tertiary/aromatic N) is 1. The number of carbonyl (C=O) groups is 2. The molecule has 1 aliphatic carbocycles. The Morgan fingerprint density at radius 3 is 2.46 bits per heavy atom. The third-order valence-corrected chi connectivity index (χ3v) is 3.83. The molecule has 0 heterocycles. The van der Waals surface area contributed by atoms with Gasteiger partial charge in [0.2, 0.25) is 17.4 Å². The first kappa shape index (κ1) is 19.7. The van der Waals surface area contributed by atoms with Gasteiger partial charge in [-0.2, -0.15) is 0 Å². The van der Waals surface area contributed by atoms with Gasteiger partial charge in [0.25, 0.3) is 0 Å². The Kier molecular flexibility index (Phi) is 5.54. The van der Waals surface area contributed by atoms with Crippen LogP contribution in [0.15, 0.2) is 34.7 Å². The fourth-order valence-corrected chi connectivity index (χ4v) is 2.42. The van der Waals surface area contributed by atoms with E-state index in [1.807, 2.05) is 20.8 Å². The molecule has 0 unspecified atom stereocenters. The van der Waals surface area contributed by atoms with E-state index in [1.54, 1.807) is 39.1 Å². The molecule has 1 aromatic carbocycles. The molecule has 2 rings (SSSR count). The molecule has 6 heteroatoms. The van der Waals surface area contributed by atoms with Crippen LogP contribution in [0.1, 0.15) is 50.5 Å². The van der Waals surface area contributed by atoms with E-state index >= 15 is 0 Å². The summed E-state index contributed by atoms with van der Waals surface area (Å²) < 4.78 is 5.72. The number of hydrogen-bond donors (Lipinski definition) is 2. The number of benzene rings is 1. The Morgan fingerprint density at radius 2 is 1.92 bits per heavy atom. The summed E-state index contributed by atoms with van der Waals surface area (Å²) in [5.41, 5.74) is 1.64. The van der Waals surface area contributed by atoms with Gasteiger partial charge in [0.1, 0.15) is 5.71 Å². The lowest BCUT2D eigenvalue weighted by molar-refractivity contribution is -0.118. The zero-order valence-electron chi connectivity index (χ0n) is 16.1. The van der Waals surface area contributed by atoms with Crippen molar-refractivity contribution in [3.8, 4) is 0 Å². The monoisotopic (exact) mass is 358 g/mol. The van der Waals surface area contributed by atoms with E-state index in [9.17, 15) is 14.7 Å². The molecule has 2 N–H and O–H groups in total. The van der Waals surface area contributed by atoms with Gasteiger partial charge in [0, 0.05) is 29.8 Å². The Bertz CT molecular complexity index is 799. The molecule has 6 nitrogen and oxygen atoms in total. The molecule has 0 aromatic heterocycles. The number of aliphatic hydroxyl groups excluding tert-OH is 1. The topological polar surface area (TPSA) is 88.0 Å². The highest BCUT2D eigenvalue weighted by atomic mass is 16.5. The van der Waals surface area contributed by atoms with Gasteiger partial charge in [0.15, 0.2) is 5.76 Å². The number of carbonyl (C=O) groups excluding carboxylic acids is 2. The van der Waals surface area contributed by atoms with Gasteiger partial charge in [-0.25, -0.2) is 0 Å². The van der Waals surface area contributed by atoms with Gasteiger partial charge in [-0.05, 0) is 23.6 Å². The number of ether oxygens (including phenoxy) is 1. The quantitative estimate of drug-likeness (QED) is 0.858. The number of rotatable bonds is 4. The van der Waals surface area contributed by atoms with Gasteiger partial charge < -0.3 is 15.2 Å². The number of ketones is 1. The summed E-state index contributed by atoms with van der Waals surface area (Å²) in [4.78, 5) is 28.7. The van der Waals surface area contributed by atoms with Crippen LogP contribution >= 0.6 is 0 Å². The first-order valence-electron chi connectivity index (χ1n) is 8.58. The smallest absolute Gasteiger partial charge is 0.232 e. The lowest BCUT2D eigenvalue weighted by atomic mass is 9.90. The molecule has 0 saturated carbocycles. The predicted molar refractivity (Wildman–Crippen MR) is 102 cm³/mol. The highest BCUT2D eigenvalue weighted by Crippen LogP contribution is 2.30. The van der Waals surface area contributed by atoms with E-state index in [4.69, 9.17) is 4.74 Å². The molecule has 26 heavy (non-hydrogen) atoms. The number of allylic oxidation sites excluding steroid dienone is 2. The second-order valence-electron chi connectivity index (χ2n) is 7.83. The summed E-state index contributed by atoms with van der Waals surface area (Å²) in [6.07, 6.45) is 0. The Balaban J connectivity index is 2.41. The number of aliphatic hydroxyl groups is 1. The predicted octanol–water partition coefficient (Wildman–Crippen LogP) is 3.73. The summed E-state index contributed by atoms with van der Waals surface area (Å²) in [7, 11) is 1.58. The second-order valence-corrected chi connectivity index (χ2v) is 7.83. The lowest BCUT2D eigenvalue weighted by Gasteiger charge is -2.25. The molecule has 0 radical (unpaired) electrons. The SMILES string of the molecule is CN=C1C(OCC(C)(C)C)=C(O)C(=O)c2cc(NC(=O)C(C)C)ccc21. The maximum absolute atomic E-state index is 12.6. The Morgan fingerprint density at radius 1 is 1.27 bits per heavy atom. The number of hydrogen-bond acceptors (Lipinski definition) is 5. The zero-order valence-corrected chi connectivity index (χ0v) is 16.1. The number of nitrogens with one attached hydrogen (secondary N) is 1. The largest absolute Gasteiger partial charge is 0.501 e. The summed E-state index contributed by atoms with van der Waals surface area (Å²) in [6, 6.07) is 4.97. The van der Waals surface area contributed by atoms with Crippen LogP contribution in [0.5, 0.6) is 0 Å². The Labute approximate surface area is 154 Å². The van der Waals surface area contributed by atoms with Crippen LogP contribution in [0.25, 0.3) is 0 Å². The van der Waals surface area contributed by atoms with Crippen molar-refractivity contribution in [3.05, 3.63) is 40.8 Å². The van der Waals surface area contributed by atoms with Crippen LogP contribution in [-0.2, 0) is 9.53 Å². The Hall–Kier alpha value is -2.63. The van der Waals surface area contributed by atoms with E-state index in [0.29, 0.717) is 23.6 Å². The summed E-state index contributed by atoms with van der Waals surface area (Å²) in [6.45, 7) is 9.89. The van der Waals surface area contributed by atoms with Gasteiger partial charge in [-0.1, -0.05) is 34.6 Å². The second kappa shape index (κ2) is 7.32. The van der Waals surface area contributed by atoms with Gasteiger partial charge in [-0.15, -0.1) is 0 Å². The first-order chi connectivity index (χ1) is 12.0. The normalized spacial score (nSPS) is 16.1. The van der Waals surface area contributed by atoms with Crippen molar-refractivity contribution >= 4 is 23.1 Å². The van der Waals surface area contributed by atoms with E-state index in [0.717, 1.165) is 0 Å². The fraction of sp³-hybridized carbons (Fsp3) is 0.450.